The van der Waals surface area contributed by atoms with Gasteiger partial charge in [0.05, 0.1) is 0 Å². The minimum Gasteiger partial charge on any atom is -0.423 e. The van der Waals surface area contributed by atoms with Crippen LogP contribution in [0.2, 0.25) is 0 Å². The molecule has 1 saturated heterocycles. The number of rotatable bonds is 4. The first-order valence-electron chi connectivity index (χ1n) is 10.3. The normalized spacial score (nSPS) is 17.6. The second-order valence-corrected chi connectivity index (χ2v) is 8.41. The third-order valence-corrected chi connectivity index (χ3v) is 5.94. The summed E-state index contributed by atoms with van der Waals surface area (Å²) >= 11 is 0. The molecule has 2 unspecified atom stereocenters. The Balaban J connectivity index is 1.64. The molecule has 3 aromatic rings. The fraction of sp³-hybridized carbons (Fsp3) is 0.360. The smallest absolute Gasteiger partial charge is 0.336 e. The molecule has 0 aliphatic carbocycles. The summed E-state index contributed by atoms with van der Waals surface area (Å²) in [6.07, 6.45) is 1.72. The van der Waals surface area contributed by atoms with E-state index in [0.29, 0.717) is 17.9 Å². The van der Waals surface area contributed by atoms with E-state index < -0.39 is 0 Å². The fourth-order valence-electron chi connectivity index (χ4n) is 4.32. The van der Waals surface area contributed by atoms with Crippen molar-refractivity contribution >= 4 is 16.9 Å². The van der Waals surface area contributed by atoms with Crippen molar-refractivity contribution in [1.82, 2.24) is 4.90 Å². The van der Waals surface area contributed by atoms with Gasteiger partial charge in [0, 0.05) is 36.0 Å². The highest BCUT2D eigenvalue weighted by molar-refractivity contribution is 5.94. The van der Waals surface area contributed by atoms with Gasteiger partial charge in [0.25, 0.3) is 0 Å². The third kappa shape index (κ3) is 3.98. The van der Waals surface area contributed by atoms with Crippen LogP contribution < -0.4 is 5.63 Å². The van der Waals surface area contributed by atoms with E-state index >= 15 is 0 Å². The summed E-state index contributed by atoms with van der Waals surface area (Å²) in [4.78, 5) is 26.9. The molecule has 29 heavy (non-hydrogen) atoms. The number of benzene rings is 2. The van der Waals surface area contributed by atoms with Crippen LogP contribution in [0.3, 0.4) is 0 Å². The Hall–Kier alpha value is -2.88. The van der Waals surface area contributed by atoms with Crippen LogP contribution in [0.5, 0.6) is 0 Å². The van der Waals surface area contributed by atoms with Crippen LogP contribution in [0.15, 0.2) is 57.7 Å². The molecule has 2 aromatic carbocycles. The van der Waals surface area contributed by atoms with Crippen LogP contribution in [0.1, 0.15) is 31.4 Å². The summed E-state index contributed by atoms with van der Waals surface area (Å²) in [5, 5.41) is 0.912. The zero-order chi connectivity index (χ0) is 20.5. The Labute approximate surface area is 171 Å². The Morgan fingerprint density at radius 3 is 2.69 bits per heavy atom. The summed E-state index contributed by atoms with van der Waals surface area (Å²) in [6.45, 7) is 7.92. The first-order chi connectivity index (χ1) is 13.9. The maximum atomic E-state index is 12.7. The topological polar surface area (TPSA) is 50.5 Å². The summed E-state index contributed by atoms with van der Waals surface area (Å²) in [5.74, 6) is 0.703. The summed E-state index contributed by atoms with van der Waals surface area (Å²) in [6, 6.07) is 15.5. The average molecular weight is 389 g/mol. The first kappa shape index (κ1) is 19.4. The molecule has 1 fully saturated rings. The highest BCUT2D eigenvalue weighted by Gasteiger charge is 2.27. The number of aryl methyl sites for hydroxylation is 1. The van der Waals surface area contributed by atoms with E-state index in [1.54, 1.807) is 6.07 Å². The standard InChI is InChI=1S/C25H27NO3/c1-16-10-11-26(15-16)25(28)18(3)12-19-8-9-21-22(14-24(27)29-23(21)13-19)20-7-5-4-6-17(20)2/h4-9,13-14,16,18H,10-12,15H2,1-3H3. The molecular formula is C25H27NO3. The predicted octanol–water partition coefficient (Wildman–Crippen LogP) is 4.82. The minimum absolute atomic E-state index is 0.0935. The van der Waals surface area contributed by atoms with Gasteiger partial charge in [-0.3, -0.25) is 4.79 Å². The largest absolute Gasteiger partial charge is 0.423 e. The molecule has 0 radical (unpaired) electrons. The van der Waals surface area contributed by atoms with Gasteiger partial charge in [0.1, 0.15) is 5.58 Å². The second kappa shape index (κ2) is 7.86. The Morgan fingerprint density at radius 1 is 1.17 bits per heavy atom. The fourth-order valence-corrected chi connectivity index (χ4v) is 4.32. The maximum Gasteiger partial charge on any atom is 0.336 e. The minimum atomic E-state index is -0.358. The lowest BCUT2D eigenvalue weighted by atomic mass is 9.95. The summed E-state index contributed by atoms with van der Waals surface area (Å²) in [7, 11) is 0. The highest BCUT2D eigenvalue weighted by atomic mass is 16.4. The monoisotopic (exact) mass is 389 g/mol. The quantitative estimate of drug-likeness (QED) is 0.602. The van der Waals surface area contributed by atoms with E-state index in [0.717, 1.165) is 47.2 Å². The van der Waals surface area contributed by atoms with E-state index in [4.69, 9.17) is 4.42 Å². The van der Waals surface area contributed by atoms with Gasteiger partial charge in [-0.1, -0.05) is 50.2 Å². The zero-order valence-corrected chi connectivity index (χ0v) is 17.3. The summed E-state index contributed by atoms with van der Waals surface area (Å²) < 4.78 is 5.51. The van der Waals surface area contributed by atoms with Crippen molar-refractivity contribution in [3.05, 3.63) is 70.1 Å². The SMILES string of the molecule is Cc1ccccc1-c1cc(=O)oc2cc(CC(C)C(=O)N3CCC(C)C3)ccc12. The van der Waals surface area contributed by atoms with Crippen LogP contribution in [0, 0.1) is 18.8 Å². The number of carbonyl (C=O) groups is 1. The molecule has 2 heterocycles. The number of likely N-dealkylation sites (tertiary alicyclic amines) is 1. The van der Waals surface area contributed by atoms with Crippen molar-refractivity contribution in [2.75, 3.05) is 13.1 Å². The molecule has 2 atom stereocenters. The molecule has 1 aromatic heterocycles. The van der Waals surface area contributed by atoms with Gasteiger partial charge in [-0.15, -0.1) is 0 Å². The second-order valence-electron chi connectivity index (χ2n) is 8.41. The van der Waals surface area contributed by atoms with Crippen molar-refractivity contribution in [2.24, 2.45) is 11.8 Å². The predicted molar refractivity (Wildman–Crippen MR) is 116 cm³/mol. The van der Waals surface area contributed by atoms with E-state index in [1.807, 2.05) is 61.2 Å². The van der Waals surface area contributed by atoms with Crippen molar-refractivity contribution in [3.8, 4) is 11.1 Å². The average Bonchev–Trinajstić information content (AvgIpc) is 3.13. The van der Waals surface area contributed by atoms with Crippen LogP contribution in [-0.2, 0) is 11.2 Å². The van der Waals surface area contributed by atoms with Crippen LogP contribution >= 0.6 is 0 Å². The van der Waals surface area contributed by atoms with Gasteiger partial charge in [-0.05, 0) is 48.4 Å². The van der Waals surface area contributed by atoms with Gasteiger partial charge < -0.3 is 9.32 Å². The zero-order valence-electron chi connectivity index (χ0n) is 17.3. The molecule has 0 spiro atoms. The number of amides is 1. The summed E-state index contributed by atoms with van der Waals surface area (Å²) in [5.41, 5.74) is 4.25. The molecule has 4 rings (SSSR count). The highest BCUT2D eigenvalue weighted by Crippen LogP contribution is 2.30. The van der Waals surface area contributed by atoms with Crippen molar-refractivity contribution in [1.29, 1.82) is 0 Å². The number of nitrogens with zero attached hydrogens (tertiary/aromatic N) is 1. The van der Waals surface area contributed by atoms with Crippen LogP contribution in [0.25, 0.3) is 22.1 Å². The van der Waals surface area contributed by atoms with Gasteiger partial charge in [0.15, 0.2) is 0 Å². The van der Waals surface area contributed by atoms with Crippen molar-refractivity contribution < 1.29 is 9.21 Å². The maximum absolute atomic E-state index is 12.7. The van der Waals surface area contributed by atoms with Gasteiger partial charge in [-0.2, -0.15) is 0 Å². The lowest BCUT2D eigenvalue weighted by Crippen LogP contribution is -2.34. The van der Waals surface area contributed by atoms with E-state index in [2.05, 4.69) is 6.92 Å². The van der Waals surface area contributed by atoms with E-state index in [1.165, 1.54) is 0 Å². The molecule has 150 valence electrons. The number of hydrogen-bond donors (Lipinski definition) is 0. The van der Waals surface area contributed by atoms with Crippen LogP contribution in [0.4, 0.5) is 0 Å². The number of carbonyl (C=O) groups excluding carboxylic acids is 1. The lowest BCUT2D eigenvalue weighted by Gasteiger charge is -2.21. The molecule has 1 aliphatic rings. The number of hydrogen-bond acceptors (Lipinski definition) is 3. The molecule has 4 heteroatoms. The van der Waals surface area contributed by atoms with Crippen molar-refractivity contribution in [3.63, 3.8) is 0 Å². The molecular weight excluding hydrogens is 362 g/mol. The van der Waals surface area contributed by atoms with Gasteiger partial charge in [0.2, 0.25) is 5.91 Å². The van der Waals surface area contributed by atoms with Crippen LogP contribution in [-0.4, -0.2) is 23.9 Å². The van der Waals surface area contributed by atoms with Gasteiger partial charge >= 0.3 is 5.63 Å². The molecule has 1 amide bonds. The Bertz CT molecular complexity index is 1110. The lowest BCUT2D eigenvalue weighted by molar-refractivity contribution is -0.134. The molecule has 0 saturated carbocycles. The Kier molecular flexibility index (Phi) is 5.27. The molecule has 1 aliphatic heterocycles. The van der Waals surface area contributed by atoms with E-state index in [-0.39, 0.29) is 17.5 Å². The Morgan fingerprint density at radius 2 is 1.97 bits per heavy atom. The van der Waals surface area contributed by atoms with E-state index in [9.17, 15) is 9.59 Å². The third-order valence-electron chi connectivity index (χ3n) is 5.94. The van der Waals surface area contributed by atoms with Crippen molar-refractivity contribution in [2.45, 2.75) is 33.6 Å². The van der Waals surface area contributed by atoms with Gasteiger partial charge in [-0.25, -0.2) is 4.79 Å². The molecule has 0 N–H and O–H groups in total. The first-order valence-corrected chi connectivity index (χ1v) is 10.3. The molecule has 0 bridgehead atoms. The molecule has 4 nitrogen and oxygen atoms in total. The number of fused-ring (bicyclic) bond motifs is 1.